The minimum Gasteiger partial charge on any atom is -0.317 e. The molecule has 1 aromatic rings. The van der Waals surface area contributed by atoms with Crippen LogP contribution in [-0.2, 0) is 13.6 Å². The molecule has 2 aliphatic rings. The van der Waals surface area contributed by atoms with Gasteiger partial charge >= 0.3 is 0 Å². The maximum absolute atomic E-state index is 4.58. The molecule has 23 heavy (non-hydrogen) atoms. The zero-order valence-electron chi connectivity index (χ0n) is 15.2. The smallest absolute Gasteiger partial charge is 0.146 e. The minimum absolute atomic E-state index is 0.551. The van der Waals surface area contributed by atoms with Crippen LogP contribution in [0.4, 0.5) is 0 Å². The Kier molecular flexibility index (Phi) is 5.70. The highest BCUT2D eigenvalue weighted by Gasteiger charge is 2.26. The Bertz CT molecular complexity index is 490. The lowest BCUT2D eigenvalue weighted by molar-refractivity contribution is 0.183. The predicted molar refractivity (Wildman–Crippen MR) is 93.4 cm³/mol. The van der Waals surface area contributed by atoms with E-state index in [0.717, 1.165) is 24.8 Å². The number of likely N-dealkylation sites (tertiary alicyclic amines) is 2. The van der Waals surface area contributed by atoms with Crippen molar-refractivity contribution in [3.63, 3.8) is 0 Å². The van der Waals surface area contributed by atoms with Crippen LogP contribution in [0.15, 0.2) is 0 Å². The van der Waals surface area contributed by atoms with Crippen LogP contribution in [0.25, 0.3) is 0 Å². The Balaban J connectivity index is 1.63. The molecule has 0 saturated carbocycles. The van der Waals surface area contributed by atoms with Crippen molar-refractivity contribution in [2.45, 2.75) is 58.4 Å². The third-order valence-electron chi connectivity index (χ3n) is 5.31. The molecule has 5 nitrogen and oxygen atoms in total. The second-order valence-electron chi connectivity index (χ2n) is 7.86. The van der Waals surface area contributed by atoms with Crippen molar-refractivity contribution in [1.82, 2.24) is 24.6 Å². The van der Waals surface area contributed by atoms with Crippen molar-refractivity contribution in [3.05, 3.63) is 11.6 Å². The molecule has 3 rings (SSSR count). The highest BCUT2D eigenvalue weighted by Crippen LogP contribution is 2.26. The molecule has 0 unspecified atom stereocenters. The van der Waals surface area contributed by atoms with E-state index in [1.165, 1.54) is 64.1 Å². The van der Waals surface area contributed by atoms with Crippen LogP contribution in [0, 0.1) is 5.92 Å². The van der Waals surface area contributed by atoms with E-state index in [4.69, 9.17) is 0 Å². The molecule has 5 heteroatoms. The number of rotatable bonds is 5. The van der Waals surface area contributed by atoms with Gasteiger partial charge in [-0.3, -0.25) is 4.90 Å². The average molecular weight is 319 g/mol. The third-order valence-corrected chi connectivity index (χ3v) is 5.31. The van der Waals surface area contributed by atoms with E-state index in [2.05, 4.69) is 45.5 Å². The van der Waals surface area contributed by atoms with Crippen LogP contribution in [0.5, 0.6) is 0 Å². The normalized spacial score (nSPS) is 24.4. The van der Waals surface area contributed by atoms with Gasteiger partial charge in [0.2, 0.25) is 0 Å². The number of nitrogens with zero attached hydrogens (tertiary/aromatic N) is 5. The standard InChI is InChI=1S/C18H33N5/c1-15(2)12-23-11-7-8-16(13-23)18-20-19-17(21(18)3)14-22-9-5-4-6-10-22/h15-16H,4-14H2,1-3H3/t16-/m1/s1. The molecular formula is C18H33N5. The number of hydrogen-bond acceptors (Lipinski definition) is 4. The van der Waals surface area contributed by atoms with Crippen molar-refractivity contribution >= 4 is 0 Å². The van der Waals surface area contributed by atoms with Crippen molar-refractivity contribution in [1.29, 1.82) is 0 Å². The second-order valence-corrected chi connectivity index (χ2v) is 7.86. The fourth-order valence-electron chi connectivity index (χ4n) is 4.13. The summed E-state index contributed by atoms with van der Waals surface area (Å²) in [7, 11) is 2.16. The van der Waals surface area contributed by atoms with Crippen molar-refractivity contribution < 1.29 is 0 Å². The Morgan fingerprint density at radius 3 is 2.48 bits per heavy atom. The van der Waals surface area contributed by atoms with Gasteiger partial charge in [-0.2, -0.15) is 0 Å². The van der Waals surface area contributed by atoms with Gasteiger partial charge in [0.05, 0.1) is 6.54 Å². The van der Waals surface area contributed by atoms with Gasteiger partial charge in [0.15, 0.2) is 0 Å². The molecule has 0 radical (unpaired) electrons. The molecule has 0 spiro atoms. The largest absolute Gasteiger partial charge is 0.317 e. The molecule has 2 aliphatic heterocycles. The Morgan fingerprint density at radius 2 is 1.74 bits per heavy atom. The van der Waals surface area contributed by atoms with E-state index in [1.54, 1.807) is 0 Å². The molecule has 1 atom stereocenters. The van der Waals surface area contributed by atoms with Gasteiger partial charge in [-0.05, 0) is 51.2 Å². The van der Waals surface area contributed by atoms with Crippen LogP contribution in [0.1, 0.15) is 63.5 Å². The number of piperidine rings is 2. The summed E-state index contributed by atoms with van der Waals surface area (Å²) in [4.78, 5) is 5.14. The van der Waals surface area contributed by atoms with Gasteiger partial charge in [0.1, 0.15) is 11.6 Å². The maximum Gasteiger partial charge on any atom is 0.146 e. The highest BCUT2D eigenvalue weighted by molar-refractivity contribution is 5.04. The lowest BCUT2D eigenvalue weighted by atomic mass is 9.96. The van der Waals surface area contributed by atoms with E-state index in [0.29, 0.717) is 5.92 Å². The summed E-state index contributed by atoms with van der Waals surface area (Å²) in [5, 5.41) is 9.10. The molecule has 2 fully saturated rings. The van der Waals surface area contributed by atoms with E-state index in [-0.39, 0.29) is 0 Å². The summed E-state index contributed by atoms with van der Waals surface area (Å²) < 4.78 is 2.28. The highest BCUT2D eigenvalue weighted by atomic mass is 15.3. The van der Waals surface area contributed by atoms with Gasteiger partial charge in [-0.25, -0.2) is 0 Å². The topological polar surface area (TPSA) is 37.2 Å². The Hall–Kier alpha value is -0.940. The molecule has 0 aliphatic carbocycles. The molecule has 0 aromatic carbocycles. The monoisotopic (exact) mass is 319 g/mol. The first-order valence-corrected chi connectivity index (χ1v) is 9.46. The molecule has 0 N–H and O–H groups in total. The fourth-order valence-corrected chi connectivity index (χ4v) is 4.13. The first-order valence-electron chi connectivity index (χ1n) is 9.46. The third kappa shape index (κ3) is 4.32. The SMILES string of the molecule is CC(C)CN1CCC[C@@H](c2nnc(CN3CCCCC3)n2C)C1. The number of hydrogen-bond donors (Lipinski definition) is 0. The minimum atomic E-state index is 0.551. The van der Waals surface area contributed by atoms with E-state index in [1.807, 2.05) is 0 Å². The summed E-state index contributed by atoms with van der Waals surface area (Å²) in [5.41, 5.74) is 0. The molecule has 130 valence electrons. The molecular weight excluding hydrogens is 286 g/mol. The van der Waals surface area contributed by atoms with Crippen LogP contribution in [0.2, 0.25) is 0 Å². The van der Waals surface area contributed by atoms with E-state index >= 15 is 0 Å². The summed E-state index contributed by atoms with van der Waals surface area (Å²) in [6, 6.07) is 0. The van der Waals surface area contributed by atoms with Crippen molar-refractivity contribution in [2.75, 3.05) is 32.7 Å². The van der Waals surface area contributed by atoms with Crippen LogP contribution in [0.3, 0.4) is 0 Å². The van der Waals surface area contributed by atoms with E-state index in [9.17, 15) is 0 Å². The number of aromatic nitrogens is 3. The average Bonchev–Trinajstić information content (AvgIpc) is 2.89. The molecule has 3 heterocycles. The van der Waals surface area contributed by atoms with E-state index < -0.39 is 0 Å². The summed E-state index contributed by atoms with van der Waals surface area (Å²) >= 11 is 0. The summed E-state index contributed by atoms with van der Waals surface area (Å²) in [6.07, 6.45) is 6.58. The quantitative estimate of drug-likeness (QED) is 0.836. The maximum atomic E-state index is 4.58. The molecule has 2 saturated heterocycles. The second kappa shape index (κ2) is 7.75. The van der Waals surface area contributed by atoms with Gasteiger partial charge in [0, 0.05) is 26.1 Å². The van der Waals surface area contributed by atoms with Crippen LogP contribution >= 0.6 is 0 Å². The Labute approximate surface area is 141 Å². The van der Waals surface area contributed by atoms with Gasteiger partial charge in [0.25, 0.3) is 0 Å². The fraction of sp³-hybridized carbons (Fsp3) is 0.889. The molecule has 0 bridgehead atoms. The molecule has 1 aromatic heterocycles. The lowest BCUT2D eigenvalue weighted by Gasteiger charge is -2.33. The van der Waals surface area contributed by atoms with Crippen LogP contribution in [-0.4, -0.2) is 57.3 Å². The summed E-state index contributed by atoms with van der Waals surface area (Å²) in [5.74, 6) is 3.63. The Morgan fingerprint density at radius 1 is 1.00 bits per heavy atom. The first-order chi connectivity index (χ1) is 11.1. The van der Waals surface area contributed by atoms with Gasteiger partial charge < -0.3 is 9.47 Å². The first kappa shape index (κ1) is 16.9. The summed E-state index contributed by atoms with van der Waals surface area (Å²) in [6.45, 7) is 11.6. The predicted octanol–water partition coefficient (Wildman–Crippen LogP) is 2.64. The van der Waals surface area contributed by atoms with Crippen molar-refractivity contribution in [2.24, 2.45) is 13.0 Å². The zero-order chi connectivity index (χ0) is 16.2. The van der Waals surface area contributed by atoms with Gasteiger partial charge in [-0.15, -0.1) is 10.2 Å². The van der Waals surface area contributed by atoms with Crippen molar-refractivity contribution in [3.8, 4) is 0 Å². The molecule has 0 amide bonds. The lowest BCUT2D eigenvalue weighted by Crippen LogP contribution is -2.37. The van der Waals surface area contributed by atoms with Crippen LogP contribution < -0.4 is 0 Å². The zero-order valence-corrected chi connectivity index (χ0v) is 15.2. The van der Waals surface area contributed by atoms with Gasteiger partial charge in [-0.1, -0.05) is 20.3 Å².